The number of carbonyl (C=O) groups is 2. The van der Waals surface area contributed by atoms with Crippen LogP contribution in [0.2, 0.25) is 0 Å². The second-order valence-corrected chi connectivity index (χ2v) is 8.24. The molecule has 0 aliphatic carbocycles. The fourth-order valence-electron chi connectivity index (χ4n) is 3.25. The highest BCUT2D eigenvalue weighted by Gasteiger charge is 2.23. The van der Waals surface area contributed by atoms with E-state index in [9.17, 15) is 14.7 Å². The molecule has 5 nitrogen and oxygen atoms in total. The Morgan fingerprint density at radius 2 is 1.48 bits per heavy atom. The normalized spacial score (nSPS) is 12.0. The molecular formula is C24H39NO4. The molecule has 29 heavy (non-hydrogen) atoms. The highest BCUT2D eigenvalue weighted by atomic mass is 16.5. The van der Waals surface area contributed by atoms with E-state index in [0.29, 0.717) is 18.6 Å². The van der Waals surface area contributed by atoms with Crippen molar-refractivity contribution in [3.05, 3.63) is 24.3 Å². The van der Waals surface area contributed by atoms with E-state index in [1.54, 1.807) is 0 Å². The second-order valence-electron chi connectivity index (χ2n) is 8.24. The predicted octanol–water partition coefficient (Wildman–Crippen LogP) is 5.75. The minimum absolute atomic E-state index is 0.0961. The Labute approximate surface area is 176 Å². The number of nitrogens with one attached hydrogen (secondary N) is 1. The average Bonchev–Trinajstić information content (AvgIpc) is 2.67. The average molecular weight is 406 g/mol. The summed E-state index contributed by atoms with van der Waals surface area (Å²) in [6.07, 6.45) is 11.8. The first kappa shape index (κ1) is 25.0. The number of hydrogen-bond donors (Lipinski definition) is 2. The van der Waals surface area contributed by atoms with Gasteiger partial charge >= 0.3 is 5.97 Å². The van der Waals surface area contributed by atoms with Gasteiger partial charge in [0.25, 0.3) is 0 Å². The molecule has 1 rings (SSSR count). The van der Waals surface area contributed by atoms with Crippen LogP contribution in [0.3, 0.4) is 0 Å². The van der Waals surface area contributed by atoms with E-state index in [1.165, 1.54) is 62.8 Å². The number of aromatic hydroxyl groups is 1. The molecule has 0 bridgehead atoms. The zero-order chi connectivity index (χ0) is 21.5. The van der Waals surface area contributed by atoms with Gasteiger partial charge in [-0.2, -0.15) is 0 Å². The van der Waals surface area contributed by atoms with Crippen LogP contribution in [0, 0.1) is 5.92 Å². The van der Waals surface area contributed by atoms with Crippen molar-refractivity contribution in [1.82, 2.24) is 5.32 Å². The fraction of sp³-hybridized carbons (Fsp3) is 0.667. The molecule has 0 saturated carbocycles. The lowest BCUT2D eigenvalue weighted by Gasteiger charge is -2.19. The van der Waals surface area contributed by atoms with Crippen LogP contribution in [0.15, 0.2) is 24.3 Å². The molecule has 1 aromatic rings. The molecule has 1 aromatic carbocycles. The van der Waals surface area contributed by atoms with E-state index in [-0.39, 0.29) is 17.6 Å². The third-order valence-corrected chi connectivity index (χ3v) is 4.89. The van der Waals surface area contributed by atoms with Crippen LogP contribution < -0.4 is 10.1 Å². The molecule has 0 spiro atoms. The maximum atomic E-state index is 12.5. The number of carbonyl (C=O) groups excluding carboxylic acids is 2. The summed E-state index contributed by atoms with van der Waals surface area (Å²) in [5.74, 6) is 0.152. The van der Waals surface area contributed by atoms with Gasteiger partial charge in [0.1, 0.15) is 17.5 Å². The molecule has 0 aromatic heterocycles. The Morgan fingerprint density at radius 1 is 0.931 bits per heavy atom. The Hall–Kier alpha value is -2.04. The number of rotatable bonds is 15. The molecule has 0 aliphatic heterocycles. The Bertz CT molecular complexity index is 583. The van der Waals surface area contributed by atoms with Gasteiger partial charge in [-0.25, -0.2) is 4.79 Å². The monoisotopic (exact) mass is 405 g/mol. The summed E-state index contributed by atoms with van der Waals surface area (Å²) in [6.45, 7) is 6.24. The molecule has 0 aliphatic rings. The summed E-state index contributed by atoms with van der Waals surface area (Å²) in [7, 11) is 0. The molecule has 0 saturated heterocycles. The number of phenolic OH excluding ortho intramolecular Hbond substituents is 1. The molecule has 0 fully saturated rings. The summed E-state index contributed by atoms with van der Waals surface area (Å²) in [5.41, 5.74) is 0. The Morgan fingerprint density at radius 3 is 2.03 bits per heavy atom. The quantitative estimate of drug-likeness (QED) is 0.221. The van der Waals surface area contributed by atoms with Crippen molar-refractivity contribution in [3.63, 3.8) is 0 Å². The van der Waals surface area contributed by atoms with Gasteiger partial charge in [-0.05, 0) is 43.0 Å². The maximum Gasteiger partial charge on any atom is 0.334 e. The number of amides is 1. The van der Waals surface area contributed by atoms with Crippen molar-refractivity contribution < 1.29 is 19.4 Å². The third kappa shape index (κ3) is 12.2. The predicted molar refractivity (Wildman–Crippen MR) is 117 cm³/mol. The van der Waals surface area contributed by atoms with Crippen LogP contribution >= 0.6 is 0 Å². The van der Waals surface area contributed by atoms with Crippen molar-refractivity contribution in [3.8, 4) is 11.5 Å². The first-order valence-electron chi connectivity index (χ1n) is 11.2. The van der Waals surface area contributed by atoms with Crippen LogP contribution in [0.1, 0.15) is 91.4 Å². The number of hydrogen-bond acceptors (Lipinski definition) is 4. The Balaban J connectivity index is 2.32. The lowest BCUT2D eigenvalue weighted by Crippen LogP contribution is -2.43. The van der Waals surface area contributed by atoms with Crippen LogP contribution in [0.4, 0.5) is 0 Å². The zero-order valence-electron chi connectivity index (χ0n) is 18.4. The largest absolute Gasteiger partial charge is 0.508 e. The van der Waals surface area contributed by atoms with Crippen LogP contribution in [0.25, 0.3) is 0 Å². The van der Waals surface area contributed by atoms with Crippen molar-refractivity contribution in [2.75, 3.05) is 0 Å². The van der Waals surface area contributed by atoms with E-state index < -0.39 is 12.0 Å². The molecule has 1 atom stereocenters. The van der Waals surface area contributed by atoms with E-state index in [4.69, 9.17) is 4.74 Å². The summed E-state index contributed by atoms with van der Waals surface area (Å²) in [4.78, 5) is 24.8. The summed E-state index contributed by atoms with van der Waals surface area (Å²) >= 11 is 0. The molecule has 5 heteroatoms. The lowest BCUT2D eigenvalue weighted by molar-refractivity contribution is -0.139. The molecule has 0 unspecified atom stereocenters. The summed E-state index contributed by atoms with van der Waals surface area (Å²) in [5, 5.41) is 12.2. The minimum Gasteiger partial charge on any atom is -0.508 e. The highest BCUT2D eigenvalue weighted by molar-refractivity contribution is 5.85. The number of esters is 1. The standard InChI is InChI=1S/C24H39NO4/c1-4-5-6-7-8-9-10-11-12-13-23(27)25-22(18-19(2)3)24(28)29-21-16-14-20(26)15-17-21/h14-17,19,22,26H,4-13,18H2,1-3H3,(H,25,27)/t22-/m0/s1. The molecule has 164 valence electrons. The molecule has 2 N–H and O–H groups in total. The van der Waals surface area contributed by atoms with E-state index in [0.717, 1.165) is 19.3 Å². The van der Waals surface area contributed by atoms with Gasteiger partial charge in [-0.15, -0.1) is 0 Å². The third-order valence-electron chi connectivity index (χ3n) is 4.89. The fourth-order valence-corrected chi connectivity index (χ4v) is 3.25. The molecule has 1 amide bonds. The van der Waals surface area contributed by atoms with Gasteiger partial charge in [-0.3, -0.25) is 4.79 Å². The summed E-state index contributed by atoms with van der Waals surface area (Å²) in [6, 6.07) is 5.33. The van der Waals surface area contributed by atoms with Gasteiger partial charge in [0.2, 0.25) is 5.91 Å². The van der Waals surface area contributed by atoms with E-state index >= 15 is 0 Å². The number of benzene rings is 1. The van der Waals surface area contributed by atoms with Crippen LogP contribution in [-0.4, -0.2) is 23.0 Å². The van der Waals surface area contributed by atoms with Gasteiger partial charge in [-0.1, -0.05) is 72.1 Å². The van der Waals surface area contributed by atoms with Gasteiger partial charge < -0.3 is 15.2 Å². The van der Waals surface area contributed by atoms with Crippen LogP contribution in [0.5, 0.6) is 11.5 Å². The lowest BCUT2D eigenvalue weighted by atomic mass is 10.0. The van der Waals surface area contributed by atoms with Gasteiger partial charge in [0, 0.05) is 6.42 Å². The van der Waals surface area contributed by atoms with E-state index in [1.807, 2.05) is 13.8 Å². The minimum atomic E-state index is -0.658. The molecule has 0 heterocycles. The zero-order valence-corrected chi connectivity index (χ0v) is 18.4. The Kier molecular flexibility index (Phi) is 12.8. The highest BCUT2D eigenvalue weighted by Crippen LogP contribution is 2.18. The molecule has 0 radical (unpaired) electrons. The van der Waals surface area contributed by atoms with Gasteiger partial charge in [0.15, 0.2) is 0 Å². The van der Waals surface area contributed by atoms with E-state index in [2.05, 4.69) is 12.2 Å². The van der Waals surface area contributed by atoms with Crippen molar-refractivity contribution in [2.24, 2.45) is 5.92 Å². The first-order valence-corrected chi connectivity index (χ1v) is 11.2. The molecular weight excluding hydrogens is 366 g/mol. The second kappa shape index (κ2) is 14.9. The van der Waals surface area contributed by atoms with Crippen molar-refractivity contribution in [2.45, 2.75) is 97.4 Å². The van der Waals surface area contributed by atoms with Crippen molar-refractivity contribution in [1.29, 1.82) is 0 Å². The summed E-state index contributed by atoms with van der Waals surface area (Å²) < 4.78 is 5.37. The smallest absolute Gasteiger partial charge is 0.334 e. The number of ether oxygens (including phenoxy) is 1. The number of phenols is 1. The first-order chi connectivity index (χ1) is 13.9. The van der Waals surface area contributed by atoms with Crippen LogP contribution in [-0.2, 0) is 9.59 Å². The maximum absolute atomic E-state index is 12.5. The SMILES string of the molecule is CCCCCCCCCCCC(=O)N[C@@H](CC(C)C)C(=O)Oc1ccc(O)cc1. The topological polar surface area (TPSA) is 75.6 Å². The number of unbranched alkanes of at least 4 members (excludes halogenated alkanes) is 8. The van der Waals surface area contributed by atoms with Crippen molar-refractivity contribution >= 4 is 11.9 Å². The van der Waals surface area contributed by atoms with Gasteiger partial charge in [0.05, 0.1) is 0 Å².